The van der Waals surface area contributed by atoms with Gasteiger partial charge < -0.3 is 14.8 Å². The van der Waals surface area contributed by atoms with E-state index in [0.29, 0.717) is 6.54 Å². The first-order valence-electron chi connectivity index (χ1n) is 6.30. The summed E-state index contributed by atoms with van der Waals surface area (Å²) >= 11 is 1.71. The lowest BCUT2D eigenvalue weighted by Crippen LogP contribution is -2.34. The molecule has 0 fully saturated rings. The molecule has 2 aromatic rings. The van der Waals surface area contributed by atoms with Gasteiger partial charge in [-0.15, -0.1) is 11.3 Å². The Morgan fingerprint density at radius 3 is 2.95 bits per heavy atom. The zero-order valence-corrected chi connectivity index (χ0v) is 12.1. The van der Waals surface area contributed by atoms with Crippen molar-refractivity contribution in [3.8, 4) is 0 Å². The summed E-state index contributed by atoms with van der Waals surface area (Å²) in [5, 5.41) is 5.11. The molecule has 0 aromatic carbocycles. The molecule has 2 aromatic heterocycles. The third kappa shape index (κ3) is 3.45. The largest absolute Gasteiger partial charge is 0.339 e. The van der Waals surface area contributed by atoms with Gasteiger partial charge in [0.25, 0.3) is 5.91 Å². The fourth-order valence-corrected chi connectivity index (χ4v) is 2.60. The van der Waals surface area contributed by atoms with E-state index in [4.69, 9.17) is 0 Å². The lowest BCUT2D eigenvalue weighted by molar-refractivity contribution is 0.0787. The number of carbonyl (C=O) groups excluding carboxylic acids is 1. The highest BCUT2D eigenvalue weighted by atomic mass is 32.1. The average molecular weight is 277 g/mol. The van der Waals surface area contributed by atoms with Crippen molar-refractivity contribution in [1.29, 1.82) is 0 Å². The Bertz CT molecular complexity index is 519. The molecule has 0 aliphatic carbocycles. The van der Waals surface area contributed by atoms with Gasteiger partial charge in [0.1, 0.15) is 5.69 Å². The van der Waals surface area contributed by atoms with Crippen LogP contribution < -0.4 is 5.32 Å². The molecule has 102 valence electrons. The maximum atomic E-state index is 12.3. The zero-order valence-electron chi connectivity index (χ0n) is 11.3. The SMILES string of the molecule is CNCCN(C)C(=O)c1cccn1Cc1cccs1. The Hall–Kier alpha value is -1.59. The van der Waals surface area contributed by atoms with Crippen molar-refractivity contribution >= 4 is 17.2 Å². The van der Waals surface area contributed by atoms with E-state index in [0.717, 1.165) is 18.8 Å². The number of rotatable bonds is 6. The van der Waals surface area contributed by atoms with Gasteiger partial charge in [0, 0.05) is 31.2 Å². The summed E-state index contributed by atoms with van der Waals surface area (Å²) in [5.41, 5.74) is 0.743. The zero-order chi connectivity index (χ0) is 13.7. The molecule has 1 amide bonds. The number of nitrogens with one attached hydrogen (secondary N) is 1. The van der Waals surface area contributed by atoms with Crippen molar-refractivity contribution < 1.29 is 4.79 Å². The van der Waals surface area contributed by atoms with Gasteiger partial charge in [0.15, 0.2) is 0 Å². The molecule has 2 rings (SSSR count). The van der Waals surface area contributed by atoms with Gasteiger partial charge >= 0.3 is 0 Å². The summed E-state index contributed by atoms with van der Waals surface area (Å²) in [6.45, 7) is 2.26. The van der Waals surface area contributed by atoms with Crippen LogP contribution in [0.25, 0.3) is 0 Å². The molecule has 19 heavy (non-hydrogen) atoms. The first-order valence-corrected chi connectivity index (χ1v) is 7.18. The van der Waals surface area contributed by atoms with Gasteiger partial charge in [-0.25, -0.2) is 0 Å². The van der Waals surface area contributed by atoms with Crippen LogP contribution >= 0.6 is 11.3 Å². The second kappa shape index (κ2) is 6.54. The summed E-state index contributed by atoms with van der Waals surface area (Å²) in [6, 6.07) is 7.92. The van der Waals surface area contributed by atoms with Crippen molar-refractivity contribution in [3.05, 3.63) is 46.4 Å². The average Bonchev–Trinajstić information content (AvgIpc) is 3.07. The fraction of sp³-hybridized carbons (Fsp3) is 0.357. The van der Waals surface area contributed by atoms with Crippen LogP contribution in [-0.4, -0.2) is 42.6 Å². The molecule has 0 bridgehead atoms. The van der Waals surface area contributed by atoms with Crippen LogP contribution in [0.15, 0.2) is 35.8 Å². The number of aromatic nitrogens is 1. The third-order valence-electron chi connectivity index (χ3n) is 3.00. The fourth-order valence-electron chi connectivity index (χ4n) is 1.89. The minimum absolute atomic E-state index is 0.0665. The first kappa shape index (κ1) is 13.8. The maximum absolute atomic E-state index is 12.3. The van der Waals surface area contributed by atoms with Crippen molar-refractivity contribution in [2.24, 2.45) is 0 Å². The van der Waals surface area contributed by atoms with E-state index in [-0.39, 0.29) is 5.91 Å². The Labute approximate surface area is 117 Å². The predicted octanol–water partition coefficient (Wildman–Crippen LogP) is 1.89. The number of likely N-dealkylation sites (N-methyl/N-ethyl adjacent to an activating group) is 2. The van der Waals surface area contributed by atoms with Crippen molar-refractivity contribution in [2.45, 2.75) is 6.54 Å². The summed E-state index contributed by atoms with van der Waals surface area (Å²) in [5.74, 6) is 0.0665. The third-order valence-corrected chi connectivity index (χ3v) is 3.86. The van der Waals surface area contributed by atoms with Gasteiger partial charge in [-0.05, 0) is 30.6 Å². The molecule has 0 radical (unpaired) electrons. The number of nitrogens with zero attached hydrogens (tertiary/aromatic N) is 2. The lowest BCUT2D eigenvalue weighted by atomic mass is 10.3. The van der Waals surface area contributed by atoms with E-state index in [1.807, 2.05) is 43.1 Å². The van der Waals surface area contributed by atoms with E-state index >= 15 is 0 Å². The number of hydrogen-bond donors (Lipinski definition) is 1. The smallest absolute Gasteiger partial charge is 0.270 e. The quantitative estimate of drug-likeness (QED) is 0.875. The second-order valence-corrected chi connectivity index (χ2v) is 5.46. The molecular formula is C14H19N3OS. The molecule has 0 spiro atoms. The predicted molar refractivity (Wildman–Crippen MR) is 78.7 cm³/mol. The number of thiophene rings is 1. The van der Waals surface area contributed by atoms with E-state index < -0.39 is 0 Å². The standard InChI is InChI=1S/C14H19N3OS/c1-15-7-9-16(2)14(18)13-6-3-8-17(13)11-12-5-4-10-19-12/h3-6,8,10,15H,7,9,11H2,1-2H3. The topological polar surface area (TPSA) is 37.3 Å². The summed E-state index contributed by atoms with van der Waals surface area (Å²) in [4.78, 5) is 15.3. The molecule has 0 aliphatic rings. The van der Waals surface area contributed by atoms with E-state index in [2.05, 4.69) is 16.8 Å². The molecule has 1 N–H and O–H groups in total. The van der Waals surface area contributed by atoms with Gasteiger partial charge in [-0.1, -0.05) is 6.07 Å². The monoisotopic (exact) mass is 277 g/mol. The van der Waals surface area contributed by atoms with Gasteiger partial charge in [0.2, 0.25) is 0 Å². The summed E-state index contributed by atoms with van der Waals surface area (Å²) < 4.78 is 2.00. The van der Waals surface area contributed by atoms with Crippen LogP contribution in [0.3, 0.4) is 0 Å². The molecule has 0 atom stereocenters. The molecule has 5 heteroatoms. The van der Waals surface area contributed by atoms with E-state index in [1.54, 1.807) is 16.2 Å². The van der Waals surface area contributed by atoms with Crippen LogP contribution in [0.2, 0.25) is 0 Å². The summed E-state index contributed by atoms with van der Waals surface area (Å²) in [7, 11) is 3.72. The Morgan fingerprint density at radius 1 is 1.42 bits per heavy atom. The molecule has 4 nitrogen and oxygen atoms in total. The molecule has 0 aliphatic heterocycles. The highest BCUT2D eigenvalue weighted by Gasteiger charge is 2.15. The molecule has 2 heterocycles. The van der Waals surface area contributed by atoms with Crippen molar-refractivity contribution in [3.63, 3.8) is 0 Å². The van der Waals surface area contributed by atoms with Gasteiger partial charge in [0.05, 0.1) is 6.54 Å². The van der Waals surface area contributed by atoms with Crippen molar-refractivity contribution in [1.82, 2.24) is 14.8 Å². The van der Waals surface area contributed by atoms with E-state index in [9.17, 15) is 4.79 Å². The second-order valence-electron chi connectivity index (χ2n) is 4.43. The molecule has 0 saturated heterocycles. The minimum atomic E-state index is 0.0665. The maximum Gasteiger partial charge on any atom is 0.270 e. The Kier molecular flexibility index (Phi) is 4.76. The van der Waals surface area contributed by atoms with Crippen LogP contribution in [0.1, 0.15) is 15.4 Å². The Morgan fingerprint density at radius 2 is 2.26 bits per heavy atom. The normalized spacial score (nSPS) is 10.6. The van der Waals surface area contributed by atoms with E-state index in [1.165, 1.54) is 4.88 Å². The molecule has 0 unspecified atom stereocenters. The van der Waals surface area contributed by atoms with Crippen LogP contribution in [0.4, 0.5) is 0 Å². The van der Waals surface area contributed by atoms with Crippen LogP contribution in [0, 0.1) is 0 Å². The lowest BCUT2D eigenvalue weighted by Gasteiger charge is -2.18. The Balaban J connectivity index is 2.08. The molecule has 0 saturated carbocycles. The van der Waals surface area contributed by atoms with Crippen molar-refractivity contribution in [2.75, 3.05) is 27.2 Å². The highest BCUT2D eigenvalue weighted by Crippen LogP contribution is 2.14. The summed E-state index contributed by atoms with van der Waals surface area (Å²) in [6.07, 6.45) is 1.96. The minimum Gasteiger partial charge on any atom is -0.339 e. The number of amides is 1. The highest BCUT2D eigenvalue weighted by molar-refractivity contribution is 7.09. The number of carbonyl (C=O) groups is 1. The first-order chi connectivity index (χ1) is 9.22. The number of hydrogen-bond acceptors (Lipinski definition) is 3. The van der Waals surface area contributed by atoms with Gasteiger partial charge in [-0.3, -0.25) is 4.79 Å². The van der Waals surface area contributed by atoms with Crippen LogP contribution in [0.5, 0.6) is 0 Å². The van der Waals surface area contributed by atoms with Crippen LogP contribution in [-0.2, 0) is 6.54 Å². The van der Waals surface area contributed by atoms with Gasteiger partial charge in [-0.2, -0.15) is 0 Å². The molecular weight excluding hydrogens is 258 g/mol.